The molecule has 0 unspecified atom stereocenters. The second-order valence-electron chi connectivity index (χ2n) is 5.63. The van der Waals surface area contributed by atoms with Crippen molar-refractivity contribution in [2.45, 2.75) is 6.42 Å². The van der Waals surface area contributed by atoms with Crippen molar-refractivity contribution in [1.82, 2.24) is 5.43 Å². The third-order valence-electron chi connectivity index (χ3n) is 4.06. The van der Waals surface area contributed by atoms with Gasteiger partial charge >= 0.3 is 0 Å². The van der Waals surface area contributed by atoms with Gasteiger partial charge in [0.15, 0.2) is 5.71 Å². The van der Waals surface area contributed by atoms with Crippen molar-refractivity contribution in [3.8, 4) is 5.75 Å². The van der Waals surface area contributed by atoms with Gasteiger partial charge in [0.2, 0.25) is 0 Å². The number of benzene rings is 2. The van der Waals surface area contributed by atoms with Crippen LogP contribution in [0.4, 0.5) is 5.69 Å². The highest BCUT2D eigenvalue weighted by Gasteiger charge is 2.30. The maximum Gasteiger partial charge on any atom is 0.276 e. The van der Waals surface area contributed by atoms with Crippen molar-refractivity contribution >= 4 is 23.2 Å². The summed E-state index contributed by atoms with van der Waals surface area (Å²) in [5, 5.41) is 6.84. The number of rotatable bonds is 6. The molecule has 0 saturated carbocycles. The Morgan fingerprint density at radius 1 is 1.15 bits per heavy atom. The minimum absolute atomic E-state index is 0.158. The van der Waals surface area contributed by atoms with Crippen molar-refractivity contribution in [3.63, 3.8) is 0 Å². The number of fused-ring (bicyclic) bond motifs is 1. The third kappa shape index (κ3) is 3.43. The van der Waals surface area contributed by atoms with Gasteiger partial charge < -0.3 is 14.8 Å². The van der Waals surface area contributed by atoms with Gasteiger partial charge in [0.1, 0.15) is 5.75 Å². The standard InChI is InChI=1S/C19H19N3O4/c1-25-11-10-13-15(26-2)9-8-14-16(13)20-19(24)17(14)21-22-18(23)12-6-4-3-5-7-12/h3-9H,10-11H2,1-2H3,(H,22,23)(H,20,21,24). The predicted molar refractivity (Wildman–Crippen MR) is 97.6 cm³/mol. The molecule has 0 fully saturated rings. The average molecular weight is 353 g/mol. The Morgan fingerprint density at radius 2 is 1.92 bits per heavy atom. The van der Waals surface area contributed by atoms with Crippen molar-refractivity contribution in [1.29, 1.82) is 0 Å². The number of hydrazone groups is 1. The summed E-state index contributed by atoms with van der Waals surface area (Å²) in [6, 6.07) is 12.2. The maximum atomic E-state index is 12.3. The van der Waals surface area contributed by atoms with Crippen LogP contribution in [-0.4, -0.2) is 38.4 Å². The lowest BCUT2D eigenvalue weighted by atomic mass is 10.0. The number of methoxy groups -OCH3 is 2. The zero-order valence-electron chi connectivity index (χ0n) is 14.5. The van der Waals surface area contributed by atoms with Gasteiger partial charge in [0.25, 0.3) is 11.8 Å². The number of hydrogen-bond donors (Lipinski definition) is 2. The molecule has 3 rings (SSSR count). The fourth-order valence-corrected chi connectivity index (χ4v) is 2.78. The largest absolute Gasteiger partial charge is 0.496 e. The molecule has 26 heavy (non-hydrogen) atoms. The molecule has 2 aromatic rings. The molecular formula is C19H19N3O4. The first-order chi connectivity index (χ1) is 12.7. The van der Waals surface area contributed by atoms with E-state index in [0.717, 1.165) is 5.56 Å². The van der Waals surface area contributed by atoms with Crippen LogP contribution in [0.5, 0.6) is 5.75 Å². The molecule has 1 aliphatic heterocycles. The molecule has 0 radical (unpaired) electrons. The molecule has 0 aromatic heterocycles. The Balaban J connectivity index is 1.90. The molecule has 7 heteroatoms. The van der Waals surface area contributed by atoms with Gasteiger partial charge in [-0.2, -0.15) is 5.10 Å². The molecule has 0 atom stereocenters. The molecule has 134 valence electrons. The van der Waals surface area contributed by atoms with Crippen LogP contribution >= 0.6 is 0 Å². The normalized spacial score (nSPS) is 14.1. The summed E-state index contributed by atoms with van der Waals surface area (Å²) >= 11 is 0. The summed E-state index contributed by atoms with van der Waals surface area (Å²) in [4.78, 5) is 24.5. The second-order valence-corrected chi connectivity index (χ2v) is 5.63. The van der Waals surface area contributed by atoms with Gasteiger partial charge in [0, 0.05) is 30.2 Å². The number of ether oxygens (including phenoxy) is 2. The summed E-state index contributed by atoms with van der Waals surface area (Å²) in [6.45, 7) is 0.486. The first kappa shape index (κ1) is 17.6. The van der Waals surface area contributed by atoms with Gasteiger partial charge in [-0.1, -0.05) is 18.2 Å². The van der Waals surface area contributed by atoms with Gasteiger partial charge in [-0.05, 0) is 24.3 Å². The van der Waals surface area contributed by atoms with E-state index in [2.05, 4.69) is 15.8 Å². The molecular weight excluding hydrogens is 334 g/mol. The number of carbonyl (C=O) groups is 2. The van der Waals surface area contributed by atoms with Crippen LogP contribution in [0.25, 0.3) is 0 Å². The van der Waals surface area contributed by atoms with E-state index in [9.17, 15) is 9.59 Å². The van der Waals surface area contributed by atoms with E-state index >= 15 is 0 Å². The van der Waals surface area contributed by atoms with Gasteiger partial charge in [-0.15, -0.1) is 0 Å². The molecule has 0 aliphatic carbocycles. The van der Waals surface area contributed by atoms with E-state index in [1.165, 1.54) is 0 Å². The lowest BCUT2D eigenvalue weighted by molar-refractivity contribution is -0.110. The Labute approximate surface area is 151 Å². The first-order valence-electron chi connectivity index (χ1n) is 8.09. The van der Waals surface area contributed by atoms with E-state index in [1.807, 2.05) is 6.07 Å². The van der Waals surface area contributed by atoms with E-state index in [1.54, 1.807) is 50.6 Å². The van der Waals surface area contributed by atoms with Crippen molar-refractivity contribution in [2.75, 3.05) is 26.1 Å². The van der Waals surface area contributed by atoms with E-state index in [0.29, 0.717) is 35.6 Å². The molecule has 0 spiro atoms. The van der Waals surface area contributed by atoms with E-state index < -0.39 is 0 Å². The van der Waals surface area contributed by atoms with Crippen LogP contribution in [0.3, 0.4) is 0 Å². The van der Waals surface area contributed by atoms with Gasteiger partial charge in [-0.3, -0.25) is 9.59 Å². The SMILES string of the molecule is COCCc1c(OC)ccc2c1NC(=O)/C2=N\NC(=O)c1ccccc1. The number of hydrogen-bond acceptors (Lipinski definition) is 5. The highest BCUT2D eigenvalue weighted by Crippen LogP contribution is 2.34. The number of anilines is 1. The van der Waals surface area contributed by atoms with Crippen LogP contribution in [0.2, 0.25) is 0 Å². The Bertz CT molecular complexity index is 863. The number of nitrogens with zero attached hydrogens (tertiary/aromatic N) is 1. The second kappa shape index (κ2) is 7.79. The van der Waals surface area contributed by atoms with Crippen LogP contribution in [-0.2, 0) is 16.0 Å². The first-order valence-corrected chi connectivity index (χ1v) is 8.09. The molecule has 2 amide bonds. The number of carbonyl (C=O) groups excluding carboxylic acids is 2. The molecule has 1 heterocycles. The molecule has 7 nitrogen and oxygen atoms in total. The van der Waals surface area contributed by atoms with Gasteiger partial charge in [-0.25, -0.2) is 5.43 Å². The third-order valence-corrected chi connectivity index (χ3v) is 4.06. The van der Waals surface area contributed by atoms with Crippen LogP contribution in [0, 0.1) is 0 Å². The van der Waals surface area contributed by atoms with Crippen LogP contribution in [0.15, 0.2) is 47.6 Å². The van der Waals surface area contributed by atoms with E-state index in [4.69, 9.17) is 9.47 Å². The van der Waals surface area contributed by atoms with Crippen LogP contribution < -0.4 is 15.5 Å². The topological polar surface area (TPSA) is 89.0 Å². The highest BCUT2D eigenvalue weighted by atomic mass is 16.5. The predicted octanol–water partition coefficient (Wildman–Crippen LogP) is 1.97. The molecule has 0 bridgehead atoms. The van der Waals surface area contributed by atoms with Crippen molar-refractivity contribution in [3.05, 3.63) is 59.2 Å². The lowest BCUT2D eigenvalue weighted by Gasteiger charge is -2.12. The summed E-state index contributed by atoms with van der Waals surface area (Å²) in [5.41, 5.74) is 5.15. The fraction of sp³-hybridized carbons (Fsp3) is 0.211. The van der Waals surface area contributed by atoms with E-state index in [-0.39, 0.29) is 17.5 Å². The average Bonchev–Trinajstić information content (AvgIpc) is 3.00. The quantitative estimate of drug-likeness (QED) is 0.777. The highest BCUT2D eigenvalue weighted by molar-refractivity contribution is 6.54. The summed E-state index contributed by atoms with van der Waals surface area (Å²) < 4.78 is 10.5. The lowest BCUT2D eigenvalue weighted by Crippen LogP contribution is -2.23. The Hall–Kier alpha value is -3.19. The number of amides is 2. The Morgan fingerprint density at radius 3 is 2.62 bits per heavy atom. The van der Waals surface area contributed by atoms with Crippen molar-refractivity contribution < 1.29 is 19.1 Å². The molecule has 1 aliphatic rings. The summed E-state index contributed by atoms with van der Waals surface area (Å²) in [7, 11) is 3.18. The minimum atomic E-state index is -0.382. The monoisotopic (exact) mass is 353 g/mol. The maximum absolute atomic E-state index is 12.3. The molecule has 0 saturated heterocycles. The zero-order chi connectivity index (χ0) is 18.5. The summed E-state index contributed by atoms with van der Waals surface area (Å²) in [6.07, 6.45) is 0.576. The summed E-state index contributed by atoms with van der Waals surface area (Å²) in [5.74, 6) is -0.0941. The van der Waals surface area contributed by atoms with Crippen LogP contribution in [0.1, 0.15) is 21.5 Å². The van der Waals surface area contributed by atoms with Gasteiger partial charge in [0.05, 0.1) is 19.4 Å². The number of nitrogens with one attached hydrogen (secondary N) is 2. The Kier molecular flexibility index (Phi) is 5.28. The minimum Gasteiger partial charge on any atom is -0.496 e. The molecule has 2 N–H and O–H groups in total. The fourth-order valence-electron chi connectivity index (χ4n) is 2.78. The zero-order valence-corrected chi connectivity index (χ0v) is 14.5. The smallest absolute Gasteiger partial charge is 0.276 e. The van der Waals surface area contributed by atoms with Crippen molar-refractivity contribution in [2.24, 2.45) is 5.10 Å². The molecule has 2 aromatic carbocycles.